The Bertz CT molecular complexity index is 769. The molecule has 2 aromatic rings. The van der Waals surface area contributed by atoms with Crippen LogP contribution in [0.3, 0.4) is 0 Å². The Kier molecular flexibility index (Phi) is 4.93. The summed E-state index contributed by atoms with van der Waals surface area (Å²) in [6.45, 7) is 1.72. The van der Waals surface area contributed by atoms with Crippen LogP contribution in [0.1, 0.15) is 40.2 Å². The molecule has 1 amide bonds. The van der Waals surface area contributed by atoms with Crippen molar-refractivity contribution in [3.8, 4) is 5.75 Å². The molecule has 0 spiro atoms. The average molecular weight is 356 g/mol. The van der Waals surface area contributed by atoms with Crippen molar-refractivity contribution >= 4 is 5.91 Å². The summed E-state index contributed by atoms with van der Waals surface area (Å²) < 4.78 is 16.5. The van der Waals surface area contributed by atoms with Gasteiger partial charge in [0.2, 0.25) is 0 Å². The molecule has 138 valence electrons. The second kappa shape index (κ2) is 7.50. The molecule has 1 aliphatic heterocycles. The number of rotatable bonds is 4. The molecule has 6 nitrogen and oxygen atoms in total. The number of carbonyl (C=O) groups is 1. The standard InChI is InChI=1S/C20H24N2O4/c1-24-15-8-6-14(7-9-15)12-16-13-22(10-11-25-16)20(23)19-17-4-2-3-5-18(17)26-21-19/h6-9,16H,2-5,10-13H2,1H3/t16-/m0/s1. The molecule has 1 aliphatic carbocycles. The zero-order valence-electron chi connectivity index (χ0n) is 15.1. The minimum atomic E-state index is -0.0278. The molecule has 1 saturated heterocycles. The first-order chi connectivity index (χ1) is 12.7. The lowest BCUT2D eigenvalue weighted by atomic mass is 9.96. The largest absolute Gasteiger partial charge is 0.497 e. The number of aromatic nitrogens is 1. The number of hydrogen-bond donors (Lipinski definition) is 0. The van der Waals surface area contributed by atoms with Crippen LogP contribution in [-0.4, -0.2) is 48.9 Å². The molecule has 1 aromatic carbocycles. The molecule has 2 heterocycles. The smallest absolute Gasteiger partial charge is 0.276 e. The van der Waals surface area contributed by atoms with E-state index in [0.29, 0.717) is 25.4 Å². The quantitative estimate of drug-likeness (QED) is 0.843. The minimum absolute atomic E-state index is 0.0103. The first kappa shape index (κ1) is 17.1. The van der Waals surface area contributed by atoms with Gasteiger partial charge in [-0.15, -0.1) is 0 Å². The van der Waals surface area contributed by atoms with Crippen LogP contribution in [0, 0.1) is 0 Å². The third-order valence-corrected chi connectivity index (χ3v) is 5.20. The summed E-state index contributed by atoms with van der Waals surface area (Å²) in [4.78, 5) is 14.8. The SMILES string of the molecule is COc1ccc(C[C@H]2CN(C(=O)c3noc4c3CCCC4)CCO2)cc1. The molecule has 2 aliphatic rings. The molecule has 0 N–H and O–H groups in total. The molecular weight excluding hydrogens is 332 g/mol. The highest BCUT2D eigenvalue weighted by Gasteiger charge is 2.30. The van der Waals surface area contributed by atoms with E-state index >= 15 is 0 Å². The van der Waals surface area contributed by atoms with Gasteiger partial charge in [0.05, 0.1) is 19.8 Å². The number of amides is 1. The summed E-state index contributed by atoms with van der Waals surface area (Å²) >= 11 is 0. The minimum Gasteiger partial charge on any atom is -0.497 e. The van der Waals surface area contributed by atoms with Gasteiger partial charge in [0, 0.05) is 31.5 Å². The van der Waals surface area contributed by atoms with Gasteiger partial charge in [0.1, 0.15) is 11.5 Å². The Morgan fingerprint density at radius 2 is 2.08 bits per heavy atom. The second-order valence-electron chi connectivity index (χ2n) is 6.94. The molecular formula is C20H24N2O4. The Hall–Kier alpha value is -2.34. The lowest BCUT2D eigenvalue weighted by Gasteiger charge is -2.32. The van der Waals surface area contributed by atoms with Crippen molar-refractivity contribution in [1.82, 2.24) is 10.1 Å². The van der Waals surface area contributed by atoms with E-state index in [2.05, 4.69) is 5.16 Å². The zero-order valence-corrected chi connectivity index (χ0v) is 15.1. The van der Waals surface area contributed by atoms with Crippen LogP contribution >= 0.6 is 0 Å². The summed E-state index contributed by atoms with van der Waals surface area (Å²) in [5, 5.41) is 4.08. The number of nitrogens with zero attached hydrogens (tertiary/aromatic N) is 2. The van der Waals surface area contributed by atoms with E-state index in [1.54, 1.807) is 7.11 Å². The van der Waals surface area contributed by atoms with Crippen molar-refractivity contribution < 1.29 is 18.8 Å². The van der Waals surface area contributed by atoms with E-state index in [-0.39, 0.29) is 12.0 Å². The molecule has 1 atom stereocenters. The molecule has 1 aromatic heterocycles. The molecule has 26 heavy (non-hydrogen) atoms. The van der Waals surface area contributed by atoms with Gasteiger partial charge in [-0.2, -0.15) is 0 Å². The normalized spacial score (nSPS) is 19.9. The van der Waals surface area contributed by atoms with Gasteiger partial charge in [-0.3, -0.25) is 4.79 Å². The third-order valence-electron chi connectivity index (χ3n) is 5.20. The number of aryl methyl sites for hydroxylation is 1. The highest BCUT2D eigenvalue weighted by Crippen LogP contribution is 2.26. The van der Waals surface area contributed by atoms with Gasteiger partial charge >= 0.3 is 0 Å². The summed E-state index contributed by atoms with van der Waals surface area (Å²) in [6, 6.07) is 7.97. The van der Waals surface area contributed by atoms with E-state index in [1.165, 1.54) is 5.56 Å². The van der Waals surface area contributed by atoms with Crippen molar-refractivity contribution in [3.63, 3.8) is 0 Å². The predicted octanol–water partition coefficient (Wildman–Crippen LogP) is 2.65. The summed E-state index contributed by atoms with van der Waals surface area (Å²) in [7, 11) is 1.66. The van der Waals surface area contributed by atoms with Crippen molar-refractivity contribution in [2.75, 3.05) is 26.8 Å². The summed E-state index contributed by atoms with van der Waals surface area (Å²) in [6.07, 6.45) is 4.74. The number of morpholine rings is 1. The Balaban J connectivity index is 1.42. The maximum absolute atomic E-state index is 12.9. The van der Waals surface area contributed by atoms with E-state index in [0.717, 1.165) is 49.2 Å². The van der Waals surface area contributed by atoms with Gasteiger partial charge < -0.3 is 18.9 Å². The lowest BCUT2D eigenvalue weighted by Crippen LogP contribution is -2.46. The van der Waals surface area contributed by atoms with Crippen molar-refractivity contribution in [2.45, 2.75) is 38.2 Å². The van der Waals surface area contributed by atoms with E-state index < -0.39 is 0 Å². The third kappa shape index (κ3) is 3.46. The van der Waals surface area contributed by atoms with Crippen LogP contribution in [-0.2, 0) is 24.0 Å². The molecule has 0 bridgehead atoms. The number of fused-ring (bicyclic) bond motifs is 1. The number of methoxy groups -OCH3 is 1. The van der Waals surface area contributed by atoms with Crippen LogP contribution in [0.2, 0.25) is 0 Å². The molecule has 1 fully saturated rings. The number of hydrogen-bond acceptors (Lipinski definition) is 5. The number of carbonyl (C=O) groups excluding carboxylic acids is 1. The van der Waals surface area contributed by atoms with Crippen LogP contribution in [0.25, 0.3) is 0 Å². The molecule has 4 rings (SSSR count). The van der Waals surface area contributed by atoms with E-state index in [9.17, 15) is 4.79 Å². The van der Waals surface area contributed by atoms with Gasteiger partial charge in [0.25, 0.3) is 5.91 Å². The van der Waals surface area contributed by atoms with Crippen molar-refractivity contribution in [3.05, 3.63) is 46.8 Å². The van der Waals surface area contributed by atoms with Crippen molar-refractivity contribution in [1.29, 1.82) is 0 Å². The molecule has 0 saturated carbocycles. The van der Waals surface area contributed by atoms with Gasteiger partial charge in [0.15, 0.2) is 5.69 Å². The van der Waals surface area contributed by atoms with Crippen LogP contribution in [0.5, 0.6) is 5.75 Å². The van der Waals surface area contributed by atoms with Crippen molar-refractivity contribution in [2.24, 2.45) is 0 Å². The fraction of sp³-hybridized carbons (Fsp3) is 0.500. The second-order valence-corrected chi connectivity index (χ2v) is 6.94. The van der Waals surface area contributed by atoms with Crippen LogP contribution < -0.4 is 4.74 Å². The first-order valence-corrected chi connectivity index (χ1v) is 9.26. The topological polar surface area (TPSA) is 64.8 Å². The van der Waals surface area contributed by atoms with Gasteiger partial charge in [-0.25, -0.2) is 0 Å². The fourth-order valence-electron chi connectivity index (χ4n) is 3.75. The van der Waals surface area contributed by atoms with E-state index in [4.69, 9.17) is 14.0 Å². The molecule has 6 heteroatoms. The van der Waals surface area contributed by atoms with Crippen LogP contribution in [0.15, 0.2) is 28.8 Å². The number of benzene rings is 1. The van der Waals surface area contributed by atoms with Crippen LogP contribution in [0.4, 0.5) is 0 Å². The Morgan fingerprint density at radius 3 is 2.88 bits per heavy atom. The Labute approximate surface area is 153 Å². The first-order valence-electron chi connectivity index (χ1n) is 9.26. The fourth-order valence-corrected chi connectivity index (χ4v) is 3.75. The average Bonchev–Trinajstić information content (AvgIpc) is 3.12. The number of ether oxygens (including phenoxy) is 2. The van der Waals surface area contributed by atoms with Gasteiger partial charge in [-0.05, 0) is 37.0 Å². The molecule has 0 unspecified atom stereocenters. The predicted molar refractivity (Wildman–Crippen MR) is 95.5 cm³/mol. The maximum Gasteiger partial charge on any atom is 0.276 e. The summed E-state index contributed by atoms with van der Waals surface area (Å²) in [5.74, 6) is 1.70. The maximum atomic E-state index is 12.9. The van der Waals surface area contributed by atoms with E-state index in [1.807, 2.05) is 29.2 Å². The highest BCUT2D eigenvalue weighted by molar-refractivity contribution is 5.94. The zero-order chi connectivity index (χ0) is 17.9. The monoisotopic (exact) mass is 356 g/mol. The molecule has 0 radical (unpaired) electrons. The summed E-state index contributed by atoms with van der Waals surface area (Å²) in [5.41, 5.74) is 2.69. The lowest BCUT2D eigenvalue weighted by molar-refractivity contribution is -0.0211. The Morgan fingerprint density at radius 1 is 1.27 bits per heavy atom. The highest BCUT2D eigenvalue weighted by atomic mass is 16.5. The van der Waals surface area contributed by atoms with Gasteiger partial charge in [-0.1, -0.05) is 17.3 Å².